The number of hydrogen-bond acceptors (Lipinski definition) is 3. The van der Waals surface area contributed by atoms with Crippen LogP contribution in [0.2, 0.25) is 0 Å². The molecular formula is C13H16FNO3. The topological polar surface area (TPSA) is 60.8 Å². The summed E-state index contributed by atoms with van der Waals surface area (Å²) in [6.45, 7) is 0.368. The van der Waals surface area contributed by atoms with Gasteiger partial charge in [0.1, 0.15) is 5.82 Å². The summed E-state index contributed by atoms with van der Waals surface area (Å²) in [7, 11) is 0. The summed E-state index contributed by atoms with van der Waals surface area (Å²) >= 11 is 0. The zero-order chi connectivity index (χ0) is 13.1. The Morgan fingerprint density at radius 3 is 2.33 bits per heavy atom. The average Bonchev–Trinajstić information content (AvgIpc) is 2.69. The van der Waals surface area contributed by atoms with E-state index in [4.69, 9.17) is 0 Å². The molecule has 0 saturated carbocycles. The van der Waals surface area contributed by atoms with Gasteiger partial charge in [0, 0.05) is 19.5 Å². The lowest BCUT2D eigenvalue weighted by Crippen LogP contribution is -2.29. The standard InChI is InChI=1S/C13H16FNO3/c14-10-4-1-9(2-5-10)3-6-13(18)15-7-11(16)12(17)8-15/h1-2,4-5,11-12,16-17H,3,6-8H2. The molecule has 2 atom stereocenters. The lowest BCUT2D eigenvalue weighted by molar-refractivity contribution is -0.130. The lowest BCUT2D eigenvalue weighted by atomic mass is 10.1. The third-order valence-corrected chi connectivity index (χ3v) is 3.15. The first kappa shape index (κ1) is 13.0. The predicted molar refractivity (Wildman–Crippen MR) is 63.3 cm³/mol. The van der Waals surface area contributed by atoms with Crippen molar-refractivity contribution in [3.05, 3.63) is 35.6 Å². The highest BCUT2D eigenvalue weighted by Crippen LogP contribution is 2.13. The van der Waals surface area contributed by atoms with Crippen LogP contribution in [0.3, 0.4) is 0 Å². The Morgan fingerprint density at radius 1 is 1.22 bits per heavy atom. The van der Waals surface area contributed by atoms with E-state index in [2.05, 4.69) is 0 Å². The van der Waals surface area contributed by atoms with E-state index < -0.39 is 12.2 Å². The molecule has 1 saturated heterocycles. The second kappa shape index (κ2) is 5.46. The zero-order valence-electron chi connectivity index (χ0n) is 9.92. The van der Waals surface area contributed by atoms with Crippen molar-refractivity contribution in [2.45, 2.75) is 25.0 Å². The number of carbonyl (C=O) groups excluding carboxylic acids is 1. The van der Waals surface area contributed by atoms with Crippen molar-refractivity contribution in [2.75, 3.05) is 13.1 Å². The van der Waals surface area contributed by atoms with Crippen LogP contribution >= 0.6 is 0 Å². The molecule has 2 rings (SSSR count). The molecule has 2 N–H and O–H groups in total. The van der Waals surface area contributed by atoms with Gasteiger partial charge in [-0.2, -0.15) is 0 Å². The Hall–Kier alpha value is -1.46. The molecule has 1 fully saturated rings. The van der Waals surface area contributed by atoms with Gasteiger partial charge in [-0.15, -0.1) is 0 Å². The van der Waals surface area contributed by atoms with Gasteiger partial charge in [0.2, 0.25) is 5.91 Å². The summed E-state index contributed by atoms with van der Waals surface area (Å²) in [5.41, 5.74) is 0.894. The average molecular weight is 253 g/mol. The Morgan fingerprint density at radius 2 is 1.78 bits per heavy atom. The molecule has 1 aliphatic heterocycles. The maximum atomic E-state index is 12.7. The Bertz CT molecular complexity index is 411. The van der Waals surface area contributed by atoms with Gasteiger partial charge in [0.05, 0.1) is 12.2 Å². The van der Waals surface area contributed by atoms with E-state index in [-0.39, 0.29) is 24.8 Å². The van der Waals surface area contributed by atoms with Crippen molar-refractivity contribution < 1.29 is 19.4 Å². The van der Waals surface area contributed by atoms with E-state index in [9.17, 15) is 19.4 Å². The Kier molecular flexibility index (Phi) is 3.93. The minimum atomic E-state index is -0.847. The maximum Gasteiger partial charge on any atom is 0.223 e. The quantitative estimate of drug-likeness (QED) is 0.815. The fraction of sp³-hybridized carbons (Fsp3) is 0.462. The van der Waals surface area contributed by atoms with Gasteiger partial charge in [-0.3, -0.25) is 4.79 Å². The van der Waals surface area contributed by atoms with E-state index in [0.29, 0.717) is 12.8 Å². The fourth-order valence-electron chi connectivity index (χ4n) is 2.03. The molecule has 98 valence electrons. The van der Waals surface area contributed by atoms with Gasteiger partial charge < -0.3 is 15.1 Å². The van der Waals surface area contributed by atoms with Crippen LogP contribution in [-0.4, -0.2) is 46.3 Å². The highest BCUT2D eigenvalue weighted by Gasteiger charge is 2.31. The monoisotopic (exact) mass is 253 g/mol. The van der Waals surface area contributed by atoms with Gasteiger partial charge in [-0.25, -0.2) is 4.39 Å². The van der Waals surface area contributed by atoms with Crippen LogP contribution in [0.15, 0.2) is 24.3 Å². The highest BCUT2D eigenvalue weighted by atomic mass is 19.1. The molecule has 0 bridgehead atoms. The Balaban J connectivity index is 1.83. The summed E-state index contributed by atoms with van der Waals surface area (Å²) in [5, 5.41) is 18.7. The second-order valence-electron chi connectivity index (χ2n) is 4.56. The summed E-state index contributed by atoms with van der Waals surface area (Å²) < 4.78 is 12.7. The minimum absolute atomic E-state index is 0.102. The number of aliphatic hydroxyl groups is 2. The van der Waals surface area contributed by atoms with Crippen molar-refractivity contribution in [2.24, 2.45) is 0 Å². The van der Waals surface area contributed by atoms with Crippen molar-refractivity contribution in [1.29, 1.82) is 0 Å². The molecular weight excluding hydrogens is 237 g/mol. The highest BCUT2D eigenvalue weighted by molar-refractivity contribution is 5.76. The number of likely N-dealkylation sites (tertiary alicyclic amines) is 1. The number of aryl methyl sites for hydroxylation is 1. The van der Waals surface area contributed by atoms with Crippen LogP contribution in [0.25, 0.3) is 0 Å². The number of amides is 1. The van der Waals surface area contributed by atoms with Crippen LogP contribution in [0, 0.1) is 5.82 Å². The van der Waals surface area contributed by atoms with Gasteiger partial charge in [0.15, 0.2) is 0 Å². The molecule has 5 heteroatoms. The van der Waals surface area contributed by atoms with Gasteiger partial charge in [-0.1, -0.05) is 12.1 Å². The molecule has 2 unspecified atom stereocenters. The van der Waals surface area contributed by atoms with Crippen LogP contribution in [0.4, 0.5) is 4.39 Å². The molecule has 1 aromatic carbocycles. The largest absolute Gasteiger partial charge is 0.388 e. The maximum absolute atomic E-state index is 12.7. The van der Waals surface area contributed by atoms with Gasteiger partial charge >= 0.3 is 0 Å². The van der Waals surface area contributed by atoms with Crippen LogP contribution in [0.1, 0.15) is 12.0 Å². The second-order valence-corrected chi connectivity index (χ2v) is 4.56. The van der Waals surface area contributed by atoms with Crippen molar-refractivity contribution in [3.63, 3.8) is 0 Å². The number of carbonyl (C=O) groups is 1. The van der Waals surface area contributed by atoms with E-state index >= 15 is 0 Å². The van der Waals surface area contributed by atoms with Gasteiger partial charge in [0.25, 0.3) is 0 Å². The number of nitrogens with zero attached hydrogens (tertiary/aromatic N) is 1. The molecule has 0 spiro atoms. The normalized spacial score (nSPS) is 23.4. The summed E-state index contributed by atoms with van der Waals surface area (Å²) in [5.74, 6) is -0.397. The molecule has 0 aromatic heterocycles. The number of rotatable bonds is 3. The fourth-order valence-corrected chi connectivity index (χ4v) is 2.03. The van der Waals surface area contributed by atoms with Crippen LogP contribution in [0.5, 0.6) is 0 Å². The summed E-state index contributed by atoms with van der Waals surface area (Å²) in [6.07, 6.45) is -0.869. The van der Waals surface area contributed by atoms with E-state index in [1.165, 1.54) is 17.0 Å². The summed E-state index contributed by atoms with van der Waals surface area (Å²) in [4.78, 5) is 13.3. The number of hydrogen-bond donors (Lipinski definition) is 2. The number of aliphatic hydroxyl groups excluding tert-OH is 2. The minimum Gasteiger partial charge on any atom is -0.388 e. The van der Waals surface area contributed by atoms with E-state index in [1.54, 1.807) is 12.1 Å². The lowest BCUT2D eigenvalue weighted by Gasteiger charge is -2.15. The third-order valence-electron chi connectivity index (χ3n) is 3.15. The van der Waals surface area contributed by atoms with Crippen molar-refractivity contribution in [1.82, 2.24) is 4.90 Å². The molecule has 4 nitrogen and oxygen atoms in total. The smallest absolute Gasteiger partial charge is 0.223 e. The first-order chi connectivity index (χ1) is 8.56. The molecule has 1 aromatic rings. The van der Waals surface area contributed by atoms with Crippen molar-refractivity contribution >= 4 is 5.91 Å². The van der Waals surface area contributed by atoms with Crippen LogP contribution < -0.4 is 0 Å². The van der Waals surface area contributed by atoms with Gasteiger partial charge in [-0.05, 0) is 24.1 Å². The van der Waals surface area contributed by atoms with Crippen molar-refractivity contribution in [3.8, 4) is 0 Å². The number of benzene rings is 1. The summed E-state index contributed by atoms with van der Waals surface area (Å²) in [6, 6.07) is 6.03. The van der Waals surface area contributed by atoms with Crippen LogP contribution in [-0.2, 0) is 11.2 Å². The molecule has 1 aliphatic rings. The first-order valence-corrected chi connectivity index (χ1v) is 5.94. The molecule has 18 heavy (non-hydrogen) atoms. The number of halogens is 1. The zero-order valence-corrected chi connectivity index (χ0v) is 9.92. The number of β-amino-alcohol motifs (C(OH)–C–C–N with tert-alkyl or cyclic N) is 2. The third kappa shape index (κ3) is 3.05. The first-order valence-electron chi connectivity index (χ1n) is 5.94. The van der Waals surface area contributed by atoms with E-state index in [0.717, 1.165) is 5.56 Å². The molecule has 0 radical (unpaired) electrons. The molecule has 1 heterocycles. The Labute approximate surface area is 105 Å². The molecule has 1 amide bonds. The van der Waals surface area contributed by atoms with E-state index in [1.807, 2.05) is 0 Å². The SMILES string of the molecule is O=C(CCc1ccc(F)cc1)N1CC(O)C(O)C1. The molecule has 0 aliphatic carbocycles. The predicted octanol–water partition coefficient (Wildman–Crippen LogP) is 0.322.